The van der Waals surface area contributed by atoms with Crippen LogP contribution >= 0.6 is 11.6 Å². The van der Waals surface area contributed by atoms with E-state index in [9.17, 15) is 13.2 Å². The van der Waals surface area contributed by atoms with Gasteiger partial charge < -0.3 is 15.4 Å². The first kappa shape index (κ1) is 28.0. The van der Waals surface area contributed by atoms with Gasteiger partial charge in [0.05, 0.1) is 24.7 Å². The number of hydrogen-bond donors (Lipinski definition) is 2. The van der Waals surface area contributed by atoms with E-state index in [2.05, 4.69) is 20.6 Å². The van der Waals surface area contributed by atoms with E-state index in [0.29, 0.717) is 22.7 Å². The van der Waals surface area contributed by atoms with Crippen molar-refractivity contribution in [1.29, 1.82) is 0 Å². The van der Waals surface area contributed by atoms with Gasteiger partial charge in [-0.3, -0.25) is 4.79 Å². The number of sulfonamides is 1. The van der Waals surface area contributed by atoms with Gasteiger partial charge in [0.15, 0.2) is 11.6 Å². The van der Waals surface area contributed by atoms with Crippen LogP contribution in [0.5, 0.6) is 5.75 Å². The first-order valence-electron chi connectivity index (χ1n) is 11.9. The van der Waals surface area contributed by atoms with Gasteiger partial charge in [0.2, 0.25) is 16.0 Å². The minimum absolute atomic E-state index is 0.00929. The van der Waals surface area contributed by atoms with Crippen LogP contribution in [0.4, 0.5) is 23.1 Å². The maximum Gasteiger partial charge on any atom is 0.244 e. The van der Waals surface area contributed by atoms with Crippen molar-refractivity contribution in [3.63, 3.8) is 0 Å². The minimum atomic E-state index is -3.71. The highest BCUT2D eigenvalue weighted by Crippen LogP contribution is 2.36. The zero-order valence-electron chi connectivity index (χ0n) is 22.1. The third-order valence-corrected chi connectivity index (χ3v) is 8.19. The largest absolute Gasteiger partial charge is 0.495 e. The first-order chi connectivity index (χ1) is 18.5. The van der Waals surface area contributed by atoms with Gasteiger partial charge in [-0.1, -0.05) is 48.0 Å². The molecule has 4 rings (SSSR count). The number of benzene rings is 3. The maximum absolute atomic E-state index is 12.8. The molecule has 39 heavy (non-hydrogen) atoms. The number of aryl methyl sites for hydroxylation is 1. The second-order valence-electron chi connectivity index (χ2n) is 8.92. The number of ether oxygens (including phenoxy) is 1. The highest BCUT2D eigenvalue weighted by Gasteiger charge is 2.22. The summed E-state index contributed by atoms with van der Waals surface area (Å²) >= 11 is 6.36. The number of anilines is 4. The number of hydrogen-bond acceptors (Lipinski definition) is 8. The van der Waals surface area contributed by atoms with E-state index < -0.39 is 10.0 Å². The van der Waals surface area contributed by atoms with Crippen LogP contribution in [0.15, 0.2) is 71.8 Å². The molecule has 1 aromatic heterocycles. The Balaban J connectivity index is 1.65. The second kappa shape index (κ2) is 11.4. The number of para-hydroxylation sites is 1. The molecule has 3 aromatic carbocycles. The lowest BCUT2D eigenvalue weighted by Crippen LogP contribution is -2.23. The number of aromatic nitrogens is 2. The maximum atomic E-state index is 12.8. The Morgan fingerprint density at radius 1 is 1.00 bits per heavy atom. The van der Waals surface area contributed by atoms with Crippen LogP contribution in [0.25, 0.3) is 11.1 Å². The molecule has 0 saturated carbocycles. The summed E-state index contributed by atoms with van der Waals surface area (Å²) in [7, 11) is 0.786. The molecule has 0 bridgehead atoms. The molecule has 0 radical (unpaired) electrons. The first-order valence-corrected chi connectivity index (χ1v) is 13.7. The molecule has 1 heterocycles. The number of nitrogens with one attached hydrogen (secondary N) is 2. The Bertz CT molecular complexity index is 1640. The van der Waals surface area contributed by atoms with Crippen LogP contribution < -0.4 is 15.4 Å². The predicted octanol–water partition coefficient (Wildman–Crippen LogP) is 6.05. The van der Waals surface area contributed by atoms with Gasteiger partial charge in [-0.15, -0.1) is 0 Å². The Morgan fingerprint density at radius 2 is 1.69 bits per heavy atom. The van der Waals surface area contributed by atoms with Gasteiger partial charge in [0.25, 0.3) is 0 Å². The van der Waals surface area contributed by atoms with Crippen molar-refractivity contribution < 1.29 is 17.9 Å². The smallest absolute Gasteiger partial charge is 0.244 e. The number of carbonyl (C=O) groups is 1. The third-order valence-electron chi connectivity index (χ3n) is 6.04. The molecule has 0 amide bonds. The zero-order chi connectivity index (χ0) is 28.3. The zero-order valence-corrected chi connectivity index (χ0v) is 23.7. The average molecular weight is 566 g/mol. The van der Waals surface area contributed by atoms with E-state index in [0.717, 1.165) is 21.0 Å². The van der Waals surface area contributed by atoms with Gasteiger partial charge in [-0.25, -0.2) is 17.7 Å². The molecule has 0 saturated heterocycles. The number of carbonyl (C=O) groups excluding carboxylic acids is 1. The summed E-state index contributed by atoms with van der Waals surface area (Å²) in [5.41, 5.74) is 4.46. The van der Waals surface area contributed by atoms with Crippen LogP contribution in [0.1, 0.15) is 22.8 Å². The van der Waals surface area contributed by atoms with Crippen molar-refractivity contribution in [2.24, 2.45) is 0 Å². The molecule has 2 N–H and O–H groups in total. The van der Waals surface area contributed by atoms with E-state index in [1.807, 2.05) is 31.2 Å². The summed E-state index contributed by atoms with van der Waals surface area (Å²) in [5, 5.41) is 6.41. The quantitative estimate of drug-likeness (QED) is 0.236. The summed E-state index contributed by atoms with van der Waals surface area (Å²) in [4.78, 5) is 20.5. The second-order valence-corrected chi connectivity index (χ2v) is 11.5. The summed E-state index contributed by atoms with van der Waals surface area (Å²) in [5.74, 6) is 1.02. The van der Waals surface area contributed by atoms with Crippen molar-refractivity contribution in [2.45, 2.75) is 18.7 Å². The third kappa shape index (κ3) is 6.03. The van der Waals surface area contributed by atoms with Crippen molar-refractivity contribution >= 4 is 50.5 Å². The van der Waals surface area contributed by atoms with E-state index in [-0.39, 0.29) is 27.5 Å². The molecule has 4 aromatic rings. The molecule has 11 heteroatoms. The Kier molecular flexibility index (Phi) is 8.19. The van der Waals surface area contributed by atoms with Crippen LogP contribution in [0, 0.1) is 6.92 Å². The topological polar surface area (TPSA) is 114 Å². The van der Waals surface area contributed by atoms with E-state index in [1.54, 1.807) is 37.4 Å². The van der Waals surface area contributed by atoms with Crippen LogP contribution in [0.2, 0.25) is 5.02 Å². The standard InChI is InChI=1S/C28H28ClN5O4S/c1-17-14-24(25(38-5)15-21(17)20-12-10-19(11-13-20)18(2)35)32-28-30-16-22(29)27(33-28)31-23-8-6-7-9-26(23)39(36,37)34(3)4/h6-16H,1-5H3,(H2,30,31,32,33). The highest BCUT2D eigenvalue weighted by atomic mass is 35.5. The molecular formula is C28H28ClN5O4S. The number of methoxy groups -OCH3 is 1. The molecule has 202 valence electrons. The number of Topliss-reactive ketones (excluding diaryl/α,β-unsaturated/α-hetero) is 1. The van der Waals surface area contributed by atoms with Crippen LogP contribution in [-0.2, 0) is 10.0 Å². The van der Waals surface area contributed by atoms with Crippen molar-refractivity contribution in [3.05, 3.63) is 83.0 Å². The molecule has 0 unspecified atom stereocenters. The highest BCUT2D eigenvalue weighted by molar-refractivity contribution is 7.89. The lowest BCUT2D eigenvalue weighted by atomic mass is 9.98. The molecule has 0 fully saturated rings. The monoisotopic (exact) mass is 565 g/mol. The van der Waals surface area contributed by atoms with Gasteiger partial charge in [0, 0.05) is 19.7 Å². The van der Waals surface area contributed by atoms with Crippen LogP contribution in [-0.4, -0.2) is 49.7 Å². The van der Waals surface area contributed by atoms with E-state index >= 15 is 0 Å². The molecule has 0 spiro atoms. The molecule has 9 nitrogen and oxygen atoms in total. The average Bonchev–Trinajstić information content (AvgIpc) is 2.91. The van der Waals surface area contributed by atoms with Gasteiger partial charge in [0.1, 0.15) is 15.7 Å². The minimum Gasteiger partial charge on any atom is -0.495 e. The SMILES string of the molecule is COc1cc(-c2ccc(C(C)=O)cc2)c(C)cc1Nc1ncc(Cl)c(Nc2ccccc2S(=O)(=O)N(C)C)n1. The fourth-order valence-electron chi connectivity index (χ4n) is 3.90. The summed E-state index contributed by atoms with van der Waals surface area (Å²) in [6, 6.07) is 17.7. The van der Waals surface area contributed by atoms with Gasteiger partial charge in [-0.2, -0.15) is 4.98 Å². The summed E-state index contributed by atoms with van der Waals surface area (Å²) < 4.78 is 32.4. The fourth-order valence-corrected chi connectivity index (χ4v) is 5.08. The molecule has 0 aliphatic rings. The summed E-state index contributed by atoms with van der Waals surface area (Å²) in [6.07, 6.45) is 1.42. The van der Waals surface area contributed by atoms with E-state index in [4.69, 9.17) is 16.3 Å². The molecular weight excluding hydrogens is 538 g/mol. The number of halogens is 1. The van der Waals surface area contributed by atoms with Crippen molar-refractivity contribution in [1.82, 2.24) is 14.3 Å². The normalized spacial score (nSPS) is 11.4. The number of nitrogens with zero attached hydrogens (tertiary/aromatic N) is 3. The van der Waals surface area contributed by atoms with Gasteiger partial charge in [-0.05, 0) is 54.8 Å². The number of ketones is 1. The van der Waals surface area contributed by atoms with Crippen molar-refractivity contribution in [2.75, 3.05) is 31.8 Å². The fraction of sp³-hybridized carbons (Fsp3) is 0.179. The van der Waals surface area contributed by atoms with Crippen molar-refractivity contribution in [3.8, 4) is 16.9 Å². The Labute approximate surface area is 232 Å². The Hall–Kier alpha value is -3.99. The number of rotatable bonds is 9. The van der Waals surface area contributed by atoms with Gasteiger partial charge >= 0.3 is 0 Å². The summed E-state index contributed by atoms with van der Waals surface area (Å²) in [6.45, 7) is 3.50. The lowest BCUT2D eigenvalue weighted by molar-refractivity contribution is 0.101. The van der Waals surface area contributed by atoms with Crippen LogP contribution in [0.3, 0.4) is 0 Å². The lowest BCUT2D eigenvalue weighted by Gasteiger charge is -2.17. The van der Waals surface area contributed by atoms with E-state index in [1.165, 1.54) is 33.3 Å². The molecule has 0 aliphatic heterocycles. The molecule has 0 atom stereocenters. The predicted molar refractivity (Wildman–Crippen MR) is 154 cm³/mol. The molecule has 0 aliphatic carbocycles. The Morgan fingerprint density at radius 3 is 2.33 bits per heavy atom.